The number of carbonyl (C=O) groups excluding carboxylic acids is 1. The minimum atomic E-state index is 0.204. The lowest BCUT2D eigenvalue weighted by molar-refractivity contribution is -0.176. The average molecular weight is 106 g/mol. The summed E-state index contributed by atoms with van der Waals surface area (Å²) >= 11 is 0. The fourth-order valence-electron chi connectivity index (χ4n) is 0. The Hall–Kier alpha value is -0.410. The van der Waals surface area contributed by atoms with Gasteiger partial charge in [0.1, 0.15) is 6.29 Å². The lowest BCUT2D eigenvalue weighted by atomic mass is 10.3. The van der Waals surface area contributed by atoms with Crippen LogP contribution in [0.1, 0.15) is 13.8 Å². The Kier molecular flexibility index (Phi) is 12.8. The second-order valence-electron chi connectivity index (χ2n) is 1.38. The van der Waals surface area contributed by atoms with Crippen molar-refractivity contribution in [3.8, 4) is 0 Å². The zero-order valence-corrected chi connectivity index (χ0v) is 4.46. The Morgan fingerprint density at radius 3 is 1.57 bits per heavy atom. The van der Waals surface area contributed by atoms with Crippen molar-refractivity contribution in [1.82, 2.24) is 0 Å². The summed E-state index contributed by atoms with van der Waals surface area (Å²) in [6.45, 7) is 3.71. The molecule has 0 aliphatic carbocycles. The minimum absolute atomic E-state index is 0.204. The third-order valence-corrected chi connectivity index (χ3v) is 0.272. The fraction of sp³-hybridized carbons (Fsp3) is 0.750. The first kappa shape index (κ1) is 9.77. The summed E-state index contributed by atoms with van der Waals surface area (Å²) < 4.78 is 0. The molecule has 0 bridgehead atoms. The molecule has 44 valence electrons. The van der Waals surface area contributed by atoms with Crippen molar-refractivity contribution in [2.24, 2.45) is 5.92 Å². The van der Waals surface area contributed by atoms with E-state index >= 15 is 0 Å². The molecule has 7 heavy (non-hydrogen) atoms. The molecule has 0 heterocycles. The van der Waals surface area contributed by atoms with Crippen molar-refractivity contribution in [3.05, 3.63) is 0 Å². The molecule has 0 saturated heterocycles. The van der Waals surface area contributed by atoms with Crippen LogP contribution in [0.3, 0.4) is 0 Å². The van der Waals surface area contributed by atoms with E-state index in [9.17, 15) is 4.79 Å². The van der Waals surface area contributed by atoms with Crippen molar-refractivity contribution in [2.45, 2.75) is 13.8 Å². The maximum atomic E-state index is 9.50. The van der Waals surface area contributed by atoms with Gasteiger partial charge in [0, 0.05) is 5.92 Å². The van der Waals surface area contributed by atoms with E-state index in [4.69, 9.17) is 10.5 Å². The molecule has 0 aliphatic heterocycles. The number of rotatable bonds is 1. The summed E-state index contributed by atoms with van der Waals surface area (Å²) in [5.74, 6) is 0.204. The molecule has 0 aromatic heterocycles. The van der Waals surface area contributed by atoms with Gasteiger partial charge in [-0.1, -0.05) is 13.8 Å². The van der Waals surface area contributed by atoms with E-state index in [2.05, 4.69) is 0 Å². The Bertz CT molecular complexity index is 33.9. The molecule has 0 saturated carbocycles. The summed E-state index contributed by atoms with van der Waals surface area (Å²) in [6.07, 6.45) is 0.917. The second kappa shape index (κ2) is 9.14. The van der Waals surface area contributed by atoms with Crippen LogP contribution in [-0.4, -0.2) is 16.8 Å². The van der Waals surface area contributed by atoms with E-state index in [0.29, 0.717) is 0 Å². The van der Waals surface area contributed by atoms with Crippen LogP contribution in [-0.2, 0) is 4.79 Å². The third-order valence-electron chi connectivity index (χ3n) is 0.272. The van der Waals surface area contributed by atoms with Gasteiger partial charge in [-0.25, -0.2) is 0 Å². The van der Waals surface area contributed by atoms with Gasteiger partial charge in [0.2, 0.25) is 0 Å². The molecule has 0 aromatic carbocycles. The molecule has 0 radical (unpaired) electrons. The molecule has 0 spiro atoms. The molecule has 3 nitrogen and oxygen atoms in total. The molecule has 0 aromatic rings. The molecule has 0 amide bonds. The first-order valence-electron chi connectivity index (χ1n) is 1.92. The van der Waals surface area contributed by atoms with Gasteiger partial charge in [-0.15, -0.1) is 0 Å². The topological polar surface area (TPSA) is 57.5 Å². The van der Waals surface area contributed by atoms with Gasteiger partial charge >= 0.3 is 0 Å². The molecule has 0 rings (SSSR count). The molecule has 2 N–H and O–H groups in total. The van der Waals surface area contributed by atoms with Crippen molar-refractivity contribution in [2.75, 3.05) is 0 Å². The van der Waals surface area contributed by atoms with Crippen LogP contribution in [0.25, 0.3) is 0 Å². The number of hydrogen-bond donors (Lipinski definition) is 2. The number of aldehydes is 1. The molecule has 0 atom stereocenters. The second-order valence-corrected chi connectivity index (χ2v) is 1.38. The van der Waals surface area contributed by atoms with Gasteiger partial charge in [0.05, 0.1) is 0 Å². The largest absolute Gasteiger partial charge is 0.303 e. The standard InChI is InChI=1S/C4H8O.H2O2/c1-4(2)3-5;1-2/h3-4H,1-2H3;1-2H. The maximum Gasteiger partial charge on any atom is 0.122 e. The smallest absolute Gasteiger partial charge is 0.122 e. The summed E-state index contributed by atoms with van der Waals surface area (Å²) in [7, 11) is 0. The van der Waals surface area contributed by atoms with E-state index in [1.54, 1.807) is 0 Å². The highest BCUT2D eigenvalue weighted by Gasteiger charge is 1.79. The van der Waals surface area contributed by atoms with E-state index in [0.717, 1.165) is 6.29 Å². The number of carbonyl (C=O) groups is 1. The zero-order valence-electron chi connectivity index (χ0n) is 4.46. The normalized spacial score (nSPS) is 7.00. The lowest BCUT2D eigenvalue weighted by Gasteiger charge is -1.78. The summed E-state index contributed by atoms with van der Waals surface area (Å²) in [5.41, 5.74) is 0. The Labute approximate surface area is 42.5 Å². The third kappa shape index (κ3) is 28.5. The van der Waals surface area contributed by atoms with E-state index in [1.165, 1.54) is 0 Å². The zero-order chi connectivity index (χ0) is 6.28. The van der Waals surface area contributed by atoms with Crippen LogP contribution in [0.5, 0.6) is 0 Å². The van der Waals surface area contributed by atoms with Crippen LogP contribution in [0.15, 0.2) is 0 Å². The molecule has 0 fully saturated rings. The van der Waals surface area contributed by atoms with Crippen LogP contribution in [0.2, 0.25) is 0 Å². The van der Waals surface area contributed by atoms with E-state index in [-0.39, 0.29) is 5.92 Å². The summed E-state index contributed by atoms with van der Waals surface area (Å²) in [6, 6.07) is 0. The van der Waals surface area contributed by atoms with Crippen LogP contribution in [0, 0.1) is 5.92 Å². The van der Waals surface area contributed by atoms with E-state index in [1.807, 2.05) is 13.8 Å². The Balaban J connectivity index is 0. The first-order chi connectivity index (χ1) is 3.27. The van der Waals surface area contributed by atoms with Crippen LogP contribution >= 0.6 is 0 Å². The summed E-state index contributed by atoms with van der Waals surface area (Å²) in [5, 5.41) is 12.0. The molecule has 3 heteroatoms. The maximum absolute atomic E-state index is 9.50. The quantitative estimate of drug-likeness (QED) is 0.296. The average Bonchev–Trinajstić information content (AvgIpc) is 1.73. The van der Waals surface area contributed by atoms with Crippen LogP contribution in [0.4, 0.5) is 0 Å². The van der Waals surface area contributed by atoms with Gasteiger partial charge < -0.3 is 4.79 Å². The SMILES string of the molecule is CC(C)C=O.OO. The molecular weight excluding hydrogens is 96.0 g/mol. The van der Waals surface area contributed by atoms with Crippen molar-refractivity contribution >= 4 is 6.29 Å². The predicted octanol–water partition coefficient (Wildman–Crippen LogP) is 0.859. The molecule has 0 aliphatic rings. The predicted molar refractivity (Wildman–Crippen MR) is 26.2 cm³/mol. The van der Waals surface area contributed by atoms with Gasteiger partial charge in [-0.2, -0.15) is 0 Å². The monoisotopic (exact) mass is 106 g/mol. The minimum Gasteiger partial charge on any atom is -0.303 e. The van der Waals surface area contributed by atoms with E-state index < -0.39 is 0 Å². The van der Waals surface area contributed by atoms with Crippen LogP contribution < -0.4 is 0 Å². The van der Waals surface area contributed by atoms with Crippen molar-refractivity contribution in [3.63, 3.8) is 0 Å². The van der Waals surface area contributed by atoms with Gasteiger partial charge in [-0.3, -0.25) is 10.5 Å². The molecular formula is C4H10O3. The summed E-state index contributed by atoms with van der Waals surface area (Å²) in [4.78, 5) is 9.50. The van der Waals surface area contributed by atoms with Crippen molar-refractivity contribution < 1.29 is 15.3 Å². The van der Waals surface area contributed by atoms with Gasteiger partial charge in [-0.05, 0) is 0 Å². The fourth-order valence-corrected chi connectivity index (χ4v) is 0. The first-order valence-corrected chi connectivity index (χ1v) is 1.92. The van der Waals surface area contributed by atoms with Gasteiger partial charge in [0.15, 0.2) is 0 Å². The highest BCUT2D eigenvalue weighted by molar-refractivity contribution is 5.51. The Morgan fingerprint density at radius 1 is 1.43 bits per heavy atom. The van der Waals surface area contributed by atoms with Crippen molar-refractivity contribution in [1.29, 1.82) is 0 Å². The lowest BCUT2D eigenvalue weighted by Crippen LogP contribution is -1.82. The Morgan fingerprint density at radius 2 is 1.57 bits per heavy atom. The highest BCUT2D eigenvalue weighted by Crippen LogP contribution is 1.78. The molecule has 0 unspecified atom stereocenters. The highest BCUT2D eigenvalue weighted by atomic mass is 17.0. The number of hydrogen-bond acceptors (Lipinski definition) is 3. The van der Waals surface area contributed by atoms with Gasteiger partial charge in [0.25, 0.3) is 0 Å².